The molecule has 0 spiro atoms. The van der Waals surface area contributed by atoms with Crippen LogP contribution in [0.25, 0.3) is 0 Å². The van der Waals surface area contributed by atoms with Gasteiger partial charge in [0.25, 0.3) is 5.91 Å². The summed E-state index contributed by atoms with van der Waals surface area (Å²) in [5.41, 5.74) is 3.35. The zero-order chi connectivity index (χ0) is 25.2. The Kier molecular flexibility index (Phi) is 7.10. The molecule has 1 aliphatic carbocycles. The van der Waals surface area contributed by atoms with Crippen molar-refractivity contribution >= 4 is 23.2 Å². The SMILES string of the molecule is Cc1ccc(OC[C@H]2c3ccsc3CCN2C(=O)CN(CC2CC2)C(=O)c2ccccc2F)c(C)c1. The zero-order valence-corrected chi connectivity index (χ0v) is 21.5. The highest BCUT2D eigenvalue weighted by Crippen LogP contribution is 2.35. The number of amides is 2. The largest absolute Gasteiger partial charge is 0.491 e. The van der Waals surface area contributed by atoms with Gasteiger partial charge in [-0.3, -0.25) is 9.59 Å². The summed E-state index contributed by atoms with van der Waals surface area (Å²) in [5, 5.41) is 2.06. The topological polar surface area (TPSA) is 49.9 Å². The molecule has 0 radical (unpaired) electrons. The van der Waals surface area contributed by atoms with Gasteiger partial charge in [0.1, 0.15) is 24.7 Å². The molecule has 2 aliphatic rings. The Balaban J connectivity index is 1.36. The van der Waals surface area contributed by atoms with Crippen LogP contribution in [0.1, 0.15) is 50.8 Å². The van der Waals surface area contributed by atoms with Crippen molar-refractivity contribution in [2.24, 2.45) is 5.92 Å². The lowest BCUT2D eigenvalue weighted by atomic mass is 10.00. The van der Waals surface area contributed by atoms with E-state index in [9.17, 15) is 14.0 Å². The van der Waals surface area contributed by atoms with Crippen molar-refractivity contribution in [2.75, 3.05) is 26.2 Å². The summed E-state index contributed by atoms with van der Waals surface area (Å²) >= 11 is 1.70. The molecule has 7 heteroatoms. The van der Waals surface area contributed by atoms with Gasteiger partial charge in [-0.2, -0.15) is 0 Å². The quantitative estimate of drug-likeness (QED) is 0.402. The number of carbonyl (C=O) groups is 2. The lowest BCUT2D eigenvalue weighted by Crippen LogP contribution is -2.48. The molecule has 1 fully saturated rings. The van der Waals surface area contributed by atoms with Gasteiger partial charge in [0.15, 0.2) is 0 Å². The van der Waals surface area contributed by atoms with Crippen molar-refractivity contribution < 1.29 is 18.7 Å². The van der Waals surface area contributed by atoms with Crippen LogP contribution in [0.15, 0.2) is 53.9 Å². The molecule has 5 rings (SSSR count). The van der Waals surface area contributed by atoms with Gasteiger partial charge in [0.2, 0.25) is 5.91 Å². The first kappa shape index (κ1) is 24.5. The number of benzene rings is 2. The summed E-state index contributed by atoms with van der Waals surface area (Å²) in [7, 11) is 0. The molecule has 188 valence electrons. The first-order valence-electron chi connectivity index (χ1n) is 12.5. The molecule has 0 bridgehead atoms. The second-order valence-corrected chi connectivity index (χ2v) is 10.8. The lowest BCUT2D eigenvalue weighted by molar-refractivity contribution is -0.135. The second kappa shape index (κ2) is 10.4. The molecular formula is C29H31FN2O3S. The van der Waals surface area contributed by atoms with Gasteiger partial charge in [0.05, 0.1) is 11.6 Å². The molecule has 0 saturated heterocycles. The van der Waals surface area contributed by atoms with Crippen LogP contribution in [0.3, 0.4) is 0 Å². The minimum Gasteiger partial charge on any atom is -0.491 e. The monoisotopic (exact) mass is 506 g/mol. The van der Waals surface area contributed by atoms with E-state index in [1.807, 2.05) is 30.9 Å². The van der Waals surface area contributed by atoms with Gasteiger partial charge in [-0.25, -0.2) is 4.39 Å². The van der Waals surface area contributed by atoms with Crippen LogP contribution >= 0.6 is 11.3 Å². The minimum atomic E-state index is -0.559. The number of ether oxygens (including phenoxy) is 1. The maximum Gasteiger partial charge on any atom is 0.257 e. The van der Waals surface area contributed by atoms with E-state index >= 15 is 0 Å². The van der Waals surface area contributed by atoms with Gasteiger partial charge >= 0.3 is 0 Å². The number of carbonyl (C=O) groups excluding carboxylic acids is 2. The highest BCUT2D eigenvalue weighted by Gasteiger charge is 2.35. The average Bonchev–Trinajstić information content (AvgIpc) is 3.55. The van der Waals surface area contributed by atoms with Gasteiger partial charge in [-0.1, -0.05) is 29.8 Å². The maximum atomic E-state index is 14.4. The average molecular weight is 507 g/mol. The van der Waals surface area contributed by atoms with E-state index in [4.69, 9.17) is 4.74 Å². The number of aryl methyl sites for hydroxylation is 2. The van der Waals surface area contributed by atoms with Gasteiger partial charge < -0.3 is 14.5 Å². The van der Waals surface area contributed by atoms with Crippen LogP contribution in [0.2, 0.25) is 0 Å². The number of nitrogens with zero attached hydrogens (tertiary/aromatic N) is 2. The molecule has 1 saturated carbocycles. The van der Waals surface area contributed by atoms with E-state index in [1.54, 1.807) is 23.5 Å². The summed E-state index contributed by atoms with van der Waals surface area (Å²) in [6, 6.07) is 13.9. The number of rotatable bonds is 8. The van der Waals surface area contributed by atoms with Crippen molar-refractivity contribution in [3.63, 3.8) is 0 Å². The Bertz CT molecular complexity index is 1270. The predicted octanol–water partition coefficient (Wildman–Crippen LogP) is 5.56. The fourth-order valence-electron chi connectivity index (χ4n) is 4.90. The van der Waals surface area contributed by atoms with Crippen LogP contribution in [-0.4, -0.2) is 47.9 Å². The van der Waals surface area contributed by atoms with Crippen molar-refractivity contribution in [1.29, 1.82) is 0 Å². The Morgan fingerprint density at radius 2 is 1.94 bits per heavy atom. The molecule has 1 aliphatic heterocycles. The molecule has 2 aromatic carbocycles. The predicted molar refractivity (Wildman–Crippen MR) is 139 cm³/mol. The highest BCUT2D eigenvalue weighted by atomic mass is 32.1. The second-order valence-electron chi connectivity index (χ2n) is 9.84. The molecular weight excluding hydrogens is 475 g/mol. The zero-order valence-electron chi connectivity index (χ0n) is 20.7. The minimum absolute atomic E-state index is 0.0134. The lowest BCUT2D eigenvalue weighted by Gasteiger charge is -2.37. The molecule has 36 heavy (non-hydrogen) atoms. The number of halogens is 1. The number of fused-ring (bicyclic) bond motifs is 1. The molecule has 2 heterocycles. The third-order valence-corrected chi connectivity index (χ3v) is 8.03. The van der Waals surface area contributed by atoms with Crippen LogP contribution in [-0.2, 0) is 11.2 Å². The molecule has 0 unspecified atom stereocenters. The molecule has 3 aromatic rings. The fourth-order valence-corrected chi connectivity index (χ4v) is 5.82. The maximum absolute atomic E-state index is 14.4. The van der Waals surface area contributed by atoms with E-state index in [2.05, 4.69) is 17.5 Å². The Morgan fingerprint density at radius 1 is 1.14 bits per heavy atom. The summed E-state index contributed by atoms with van der Waals surface area (Å²) in [4.78, 5) is 31.6. The fraction of sp³-hybridized carbons (Fsp3) is 0.379. The molecule has 2 amide bonds. The number of hydrogen-bond acceptors (Lipinski definition) is 4. The standard InChI is InChI=1S/C29H31FN2O3S/c1-19-7-10-26(20(2)15-19)35-18-25-23-12-14-36-27(23)11-13-32(25)28(33)17-31(16-21-8-9-21)29(34)22-5-3-4-6-24(22)30/h3-7,10,12,14-15,21,25H,8-9,11,13,16-18H2,1-2H3/t25-/m0/s1. The van der Waals surface area contributed by atoms with Crippen LogP contribution in [0.5, 0.6) is 5.75 Å². The molecule has 5 nitrogen and oxygen atoms in total. The molecule has 0 N–H and O–H groups in total. The smallest absolute Gasteiger partial charge is 0.257 e. The van der Waals surface area contributed by atoms with Crippen molar-refractivity contribution in [1.82, 2.24) is 9.80 Å². The van der Waals surface area contributed by atoms with Crippen LogP contribution in [0, 0.1) is 25.6 Å². The van der Waals surface area contributed by atoms with Crippen LogP contribution < -0.4 is 4.74 Å². The van der Waals surface area contributed by atoms with E-state index in [1.165, 1.54) is 27.5 Å². The van der Waals surface area contributed by atoms with Crippen molar-refractivity contribution in [2.45, 2.75) is 39.2 Å². The molecule has 1 atom stereocenters. The van der Waals surface area contributed by atoms with Gasteiger partial charge in [-0.15, -0.1) is 11.3 Å². The Hall–Kier alpha value is -3.19. The number of hydrogen-bond donors (Lipinski definition) is 0. The summed E-state index contributed by atoms with van der Waals surface area (Å²) < 4.78 is 20.6. The summed E-state index contributed by atoms with van der Waals surface area (Å²) in [6.07, 6.45) is 2.84. The number of thiophene rings is 1. The first-order valence-corrected chi connectivity index (χ1v) is 13.4. The third kappa shape index (κ3) is 5.31. The highest BCUT2D eigenvalue weighted by molar-refractivity contribution is 7.10. The van der Waals surface area contributed by atoms with E-state index in [0.29, 0.717) is 25.6 Å². The third-order valence-electron chi connectivity index (χ3n) is 7.04. The van der Waals surface area contributed by atoms with Gasteiger partial charge in [0, 0.05) is 18.0 Å². The Labute approximate surface area is 215 Å². The van der Waals surface area contributed by atoms with E-state index < -0.39 is 11.7 Å². The summed E-state index contributed by atoms with van der Waals surface area (Å²) in [6.45, 7) is 5.38. The van der Waals surface area contributed by atoms with Crippen LogP contribution in [0.4, 0.5) is 4.39 Å². The van der Waals surface area contributed by atoms with Crippen molar-refractivity contribution in [3.8, 4) is 5.75 Å². The summed E-state index contributed by atoms with van der Waals surface area (Å²) in [5.74, 6) is 0.0647. The normalized spacial score (nSPS) is 17.0. The van der Waals surface area contributed by atoms with Crippen molar-refractivity contribution in [3.05, 3.63) is 86.9 Å². The first-order chi connectivity index (χ1) is 17.4. The van der Waals surface area contributed by atoms with E-state index in [0.717, 1.165) is 36.1 Å². The molecule has 1 aromatic heterocycles. The van der Waals surface area contributed by atoms with E-state index in [-0.39, 0.29) is 24.1 Å². The Morgan fingerprint density at radius 3 is 2.69 bits per heavy atom. The van der Waals surface area contributed by atoms with Gasteiger partial charge in [-0.05, 0) is 79.8 Å².